The monoisotopic (exact) mass is 326 g/mol. The molecule has 0 aliphatic carbocycles. The molecule has 0 saturated carbocycles. The van der Waals surface area contributed by atoms with Crippen molar-refractivity contribution in [2.75, 3.05) is 19.8 Å². The molecule has 0 spiro atoms. The molecule has 126 valence electrons. The minimum Gasteiger partial charge on any atom is -0.376 e. The van der Waals surface area contributed by atoms with Gasteiger partial charge in [-0.25, -0.2) is 0 Å². The van der Waals surface area contributed by atoms with Gasteiger partial charge in [-0.15, -0.1) is 0 Å². The molecule has 24 heavy (non-hydrogen) atoms. The number of nitrogens with zero attached hydrogens (tertiary/aromatic N) is 2. The summed E-state index contributed by atoms with van der Waals surface area (Å²) < 4.78 is 11.7. The van der Waals surface area contributed by atoms with E-state index in [2.05, 4.69) is 4.98 Å². The van der Waals surface area contributed by atoms with Gasteiger partial charge in [-0.05, 0) is 38.5 Å². The fourth-order valence-electron chi connectivity index (χ4n) is 3.77. The Balaban J connectivity index is 1.77. The van der Waals surface area contributed by atoms with E-state index < -0.39 is 0 Å². The lowest BCUT2D eigenvalue weighted by atomic mass is 9.98. The average molecular weight is 326 g/mol. The number of morpholine rings is 1. The summed E-state index contributed by atoms with van der Waals surface area (Å²) in [6.07, 6.45) is 1.69. The summed E-state index contributed by atoms with van der Waals surface area (Å²) in [5.74, 6) is 0.00979. The zero-order valence-corrected chi connectivity index (χ0v) is 14.3. The van der Waals surface area contributed by atoms with Crippen molar-refractivity contribution in [3.8, 4) is 0 Å². The van der Waals surface area contributed by atoms with E-state index in [0.29, 0.717) is 25.3 Å². The normalized spacial score (nSPS) is 25.7. The fraction of sp³-hybridized carbons (Fsp3) is 0.474. The minimum absolute atomic E-state index is 0.00979. The van der Waals surface area contributed by atoms with Gasteiger partial charge in [0.05, 0.1) is 35.9 Å². The summed E-state index contributed by atoms with van der Waals surface area (Å²) in [6, 6.07) is 7.78. The number of aromatic nitrogens is 1. The fourth-order valence-corrected chi connectivity index (χ4v) is 3.77. The number of rotatable bonds is 1. The lowest BCUT2D eigenvalue weighted by molar-refractivity contribution is -0.137. The molecule has 1 amide bonds. The highest BCUT2D eigenvalue weighted by Crippen LogP contribution is 2.32. The van der Waals surface area contributed by atoms with Crippen LogP contribution in [0.4, 0.5) is 0 Å². The van der Waals surface area contributed by atoms with E-state index in [9.17, 15) is 4.79 Å². The van der Waals surface area contributed by atoms with Crippen LogP contribution in [0.1, 0.15) is 29.8 Å². The first kappa shape index (κ1) is 15.5. The van der Waals surface area contributed by atoms with E-state index in [4.69, 9.17) is 9.47 Å². The van der Waals surface area contributed by atoms with Crippen molar-refractivity contribution in [3.05, 3.63) is 41.6 Å². The molecule has 1 aromatic carbocycles. The number of carbonyl (C=O) groups is 1. The Hall–Kier alpha value is -1.98. The molecule has 2 aliphatic rings. The summed E-state index contributed by atoms with van der Waals surface area (Å²) in [7, 11) is 0. The largest absolute Gasteiger partial charge is 0.376 e. The van der Waals surface area contributed by atoms with Gasteiger partial charge in [0.2, 0.25) is 0 Å². The molecule has 0 radical (unpaired) electrons. The molecule has 0 unspecified atom stereocenters. The Morgan fingerprint density at radius 3 is 2.96 bits per heavy atom. The highest BCUT2D eigenvalue weighted by atomic mass is 16.6. The molecular formula is C19H22N2O3. The van der Waals surface area contributed by atoms with E-state index >= 15 is 0 Å². The zero-order valence-electron chi connectivity index (χ0n) is 14.3. The number of amides is 1. The SMILES string of the molecule is Cc1ccc(C(=O)N2CC(C)(C)O[C@@H]3COC[C@H]32)c2ncccc12. The third kappa shape index (κ3) is 2.48. The van der Waals surface area contributed by atoms with Gasteiger partial charge in [-0.3, -0.25) is 9.78 Å². The van der Waals surface area contributed by atoms with Crippen LogP contribution in [-0.2, 0) is 9.47 Å². The number of fused-ring (bicyclic) bond motifs is 2. The maximum absolute atomic E-state index is 13.3. The van der Waals surface area contributed by atoms with Crippen molar-refractivity contribution >= 4 is 16.8 Å². The van der Waals surface area contributed by atoms with Gasteiger partial charge in [0.1, 0.15) is 6.10 Å². The van der Waals surface area contributed by atoms with E-state index in [0.717, 1.165) is 16.5 Å². The van der Waals surface area contributed by atoms with Crippen molar-refractivity contribution in [1.29, 1.82) is 0 Å². The van der Waals surface area contributed by atoms with Crippen LogP contribution in [0.5, 0.6) is 0 Å². The predicted octanol–water partition coefficient (Wildman–Crippen LogP) is 2.56. The molecule has 0 N–H and O–H groups in total. The molecule has 2 saturated heterocycles. The topological polar surface area (TPSA) is 51.7 Å². The molecule has 2 aromatic rings. The van der Waals surface area contributed by atoms with Crippen LogP contribution in [-0.4, -0.2) is 53.3 Å². The van der Waals surface area contributed by atoms with Crippen molar-refractivity contribution < 1.29 is 14.3 Å². The van der Waals surface area contributed by atoms with E-state index in [1.807, 2.05) is 49.9 Å². The van der Waals surface area contributed by atoms with Gasteiger partial charge in [-0.1, -0.05) is 12.1 Å². The first-order valence-corrected chi connectivity index (χ1v) is 8.37. The third-order valence-electron chi connectivity index (χ3n) is 4.90. The molecule has 1 aromatic heterocycles. The van der Waals surface area contributed by atoms with Gasteiger partial charge < -0.3 is 14.4 Å². The van der Waals surface area contributed by atoms with Gasteiger partial charge >= 0.3 is 0 Å². The molecule has 2 fully saturated rings. The summed E-state index contributed by atoms with van der Waals surface area (Å²) in [5, 5.41) is 1.02. The highest BCUT2D eigenvalue weighted by Gasteiger charge is 2.46. The van der Waals surface area contributed by atoms with Crippen LogP contribution in [0.15, 0.2) is 30.5 Å². The van der Waals surface area contributed by atoms with Crippen LogP contribution >= 0.6 is 0 Å². The lowest BCUT2D eigenvalue weighted by Crippen LogP contribution is -2.60. The van der Waals surface area contributed by atoms with Crippen LogP contribution in [0.2, 0.25) is 0 Å². The lowest BCUT2D eigenvalue weighted by Gasteiger charge is -2.45. The number of hydrogen-bond donors (Lipinski definition) is 0. The van der Waals surface area contributed by atoms with Crippen LogP contribution < -0.4 is 0 Å². The minimum atomic E-state index is -0.377. The smallest absolute Gasteiger partial charge is 0.256 e. The van der Waals surface area contributed by atoms with Crippen molar-refractivity contribution in [2.45, 2.75) is 38.5 Å². The number of hydrogen-bond acceptors (Lipinski definition) is 4. The maximum atomic E-state index is 13.3. The Bertz CT molecular complexity index is 802. The summed E-state index contributed by atoms with van der Waals surface area (Å²) in [4.78, 5) is 19.7. The van der Waals surface area contributed by atoms with Gasteiger partial charge in [-0.2, -0.15) is 0 Å². The number of aryl methyl sites for hydroxylation is 1. The summed E-state index contributed by atoms with van der Waals surface area (Å²) in [5.41, 5.74) is 2.17. The quantitative estimate of drug-likeness (QED) is 0.808. The molecule has 5 heteroatoms. The number of pyridine rings is 1. The van der Waals surface area contributed by atoms with Crippen molar-refractivity contribution in [1.82, 2.24) is 9.88 Å². The van der Waals surface area contributed by atoms with Crippen molar-refractivity contribution in [2.24, 2.45) is 0 Å². The maximum Gasteiger partial charge on any atom is 0.256 e. The van der Waals surface area contributed by atoms with Crippen molar-refractivity contribution in [3.63, 3.8) is 0 Å². The van der Waals surface area contributed by atoms with E-state index in [1.54, 1.807) is 6.20 Å². The van der Waals surface area contributed by atoms with E-state index in [-0.39, 0.29) is 23.7 Å². The molecule has 3 heterocycles. The first-order valence-electron chi connectivity index (χ1n) is 8.37. The van der Waals surface area contributed by atoms with Crippen LogP contribution in [0.25, 0.3) is 10.9 Å². The van der Waals surface area contributed by atoms with Crippen LogP contribution in [0.3, 0.4) is 0 Å². The summed E-state index contributed by atoms with van der Waals surface area (Å²) >= 11 is 0. The third-order valence-corrected chi connectivity index (χ3v) is 4.90. The highest BCUT2D eigenvalue weighted by molar-refractivity contribution is 6.06. The van der Waals surface area contributed by atoms with E-state index in [1.165, 1.54) is 0 Å². The Labute approximate surface area is 141 Å². The number of ether oxygens (including phenoxy) is 2. The molecular weight excluding hydrogens is 304 g/mol. The standard InChI is InChI=1S/C19H22N2O3/c1-12-6-7-14(17-13(12)5-4-8-20-17)18(22)21-11-19(2,3)24-16-10-23-9-15(16)21/h4-8,15-16H,9-11H2,1-3H3/t15-,16-/m1/s1. The molecule has 5 nitrogen and oxygen atoms in total. The molecule has 2 aliphatic heterocycles. The molecule has 4 rings (SSSR count). The predicted molar refractivity (Wildman–Crippen MR) is 91.1 cm³/mol. The van der Waals surface area contributed by atoms with Gasteiger partial charge in [0.25, 0.3) is 5.91 Å². The van der Waals surface area contributed by atoms with Gasteiger partial charge in [0.15, 0.2) is 0 Å². The van der Waals surface area contributed by atoms with Crippen LogP contribution in [0, 0.1) is 6.92 Å². The van der Waals surface area contributed by atoms with Gasteiger partial charge in [0, 0.05) is 18.1 Å². The first-order chi connectivity index (χ1) is 11.5. The second kappa shape index (κ2) is 5.53. The average Bonchev–Trinajstić information content (AvgIpc) is 3.01. The Morgan fingerprint density at radius 2 is 2.12 bits per heavy atom. The number of benzene rings is 1. The Morgan fingerprint density at radius 1 is 1.29 bits per heavy atom. The Kier molecular flexibility index (Phi) is 3.58. The second-order valence-corrected chi connectivity index (χ2v) is 7.28. The molecule has 0 bridgehead atoms. The summed E-state index contributed by atoms with van der Waals surface area (Å²) in [6.45, 7) is 7.71. The number of carbonyl (C=O) groups excluding carboxylic acids is 1. The molecule has 2 atom stereocenters. The zero-order chi connectivity index (χ0) is 16.9. The second-order valence-electron chi connectivity index (χ2n) is 7.28.